The van der Waals surface area contributed by atoms with Gasteiger partial charge in [0.2, 0.25) is 0 Å². The molecule has 3 heterocycles. The van der Waals surface area contributed by atoms with Crippen molar-refractivity contribution in [2.45, 2.75) is 5.41 Å². The first-order valence-electron chi connectivity index (χ1n) is 48.4. The van der Waals surface area contributed by atoms with Gasteiger partial charge in [0.05, 0.1) is 44.2 Å². The lowest BCUT2D eigenvalue weighted by Crippen LogP contribution is -2.28. The van der Waals surface area contributed by atoms with Crippen molar-refractivity contribution in [3.63, 3.8) is 0 Å². The van der Waals surface area contributed by atoms with Gasteiger partial charge in [-0.1, -0.05) is 437 Å². The zero-order valence-electron chi connectivity index (χ0n) is 76.9. The van der Waals surface area contributed by atoms with Gasteiger partial charge in [-0.15, -0.1) is 0 Å². The normalized spacial score (nSPS) is 12.1. The van der Waals surface area contributed by atoms with Crippen LogP contribution < -0.4 is 0 Å². The highest BCUT2D eigenvalue weighted by atomic mass is 15.0. The molecule has 140 heavy (non-hydrogen) atoms. The zero-order chi connectivity index (χ0) is 92.6. The quantitative estimate of drug-likeness (QED) is 0.109. The molecule has 654 valence electrons. The fourth-order valence-electron chi connectivity index (χ4n) is 22.7. The summed E-state index contributed by atoms with van der Waals surface area (Å²) in [5.74, 6) is 0. The van der Waals surface area contributed by atoms with E-state index in [9.17, 15) is 0 Å². The Bertz CT molecular complexity index is 9250. The molecule has 1 aliphatic rings. The van der Waals surface area contributed by atoms with Crippen molar-refractivity contribution in [3.8, 4) is 117 Å². The molecular formula is C137H91N3. The predicted molar refractivity (Wildman–Crippen MR) is 593 cm³/mol. The maximum Gasteiger partial charge on any atom is 0.0713 e. The van der Waals surface area contributed by atoms with E-state index in [0.717, 1.165) is 11.4 Å². The summed E-state index contributed by atoms with van der Waals surface area (Å²) >= 11 is 0. The maximum atomic E-state index is 2.47. The van der Waals surface area contributed by atoms with Gasteiger partial charge in [-0.05, 0) is 275 Å². The number of nitrogens with zero attached hydrogens (tertiary/aromatic N) is 3. The summed E-state index contributed by atoms with van der Waals surface area (Å²) in [7, 11) is 0. The number of para-hydroxylation sites is 5. The highest BCUT2D eigenvalue weighted by Crippen LogP contribution is 2.58. The van der Waals surface area contributed by atoms with Crippen LogP contribution in [0.15, 0.2) is 552 Å². The maximum absolute atomic E-state index is 2.47. The molecule has 0 aliphatic heterocycles. The van der Waals surface area contributed by atoms with Crippen molar-refractivity contribution < 1.29 is 0 Å². The number of benzene rings is 24. The minimum absolute atomic E-state index is 0.427. The average molecular weight is 1780 g/mol. The second kappa shape index (κ2) is 34.9. The van der Waals surface area contributed by atoms with E-state index in [2.05, 4.69) is 566 Å². The van der Waals surface area contributed by atoms with E-state index in [0.29, 0.717) is 0 Å². The standard InChI is InChI=1S/C47H31N.C46H31N.C44H29N/c1-3-15-33(16-4-1)47(34-17-5-2-6-18-34)42-24-12-9-20-37(42)38-28-27-32(31-43(38)47)35-29-30-46(39-21-8-7-19-36(35)39)48-44-25-13-10-22-40(44)41-23-11-14-26-45(41)48;1-3-13-32(14-4-1)36-25-26-46-44(31-36)43-22-9-10-24-45(43)47(46)40-20-11-19-35(30-40)38-27-37(33-15-5-2-6-16-33)28-39(29-38)42-23-12-18-34-17-7-8-21-41(34)42;1-3-18-37-30(12-1)14-10-22-39(37)34-26-33(27-35(28-34)40-23-11-15-31-13-2-4-19-38(31)40)32-16-9-17-36(29-32)45-43-24-7-5-20-41(43)42-21-6-8-25-44(42)45/h1-31H;1-31H;1-29H. The van der Waals surface area contributed by atoms with Gasteiger partial charge < -0.3 is 13.7 Å². The molecule has 3 nitrogen and oxygen atoms in total. The van der Waals surface area contributed by atoms with Crippen molar-refractivity contribution in [2.24, 2.45) is 0 Å². The van der Waals surface area contributed by atoms with E-state index >= 15 is 0 Å². The van der Waals surface area contributed by atoms with Crippen molar-refractivity contribution in [1.29, 1.82) is 0 Å². The van der Waals surface area contributed by atoms with Crippen LogP contribution in [0.3, 0.4) is 0 Å². The van der Waals surface area contributed by atoms with Crippen LogP contribution in [0.25, 0.3) is 226 Å². The number of aromatic nitrogens is 3. The number of hydrogen-bond donors (Lipinski definition) is 0. The van der Waals surface area contributed by atoms with E-state index in [1.165, 1.54) is 237 Å². The number of hydrogen-bond acceptors (Lipinski definition) is 0. The molecule has 27 aromatic rings. The lowest BCUT2D eigenvalue weighted by molar-refractivity contribution is 0.769. The molecule has 0 atom stereocenters. The van der Waals surface area contributed by atoms with Gasteiger partial charge >= 0.3 is 0 Å². The fourth-order valence-corrected chi connectivity index (χ4v) is 22.7. The van der Waals surface area contributed by atoms with E-state index in [1.54, 1.807) is 0 Å². The Morgan fingerprint density at radius 1 is 0.129 bits per heavy atom. The third kappa shape index (κ3) is 14.2. The van der Waals surface area contributed by atoms with Crippen LogP contribution >= 0.6 is 0 Å². The topological polar surface area (TPSA) is 14.8 Å². The Kier molecular flexibility index (Phi) is 20.5. The Hall–Kier alpha value is -18.3. The summed E-state index contributed by atoms with van der Waals surface area (Å²) in [4.78, 5) is 0. The molecule has 0 amide bonds. The van der Waals surface area contributed by atoms with Crippen molar-refractivity contribution in [3.05, 3.63) is 574 Å². The van der Waals surface area contributed by atoms with Gasteiger partial charge in [-0.2, -0.15) is 0 Å². The summed E-state index contributed by atoms with van der Waals surface area (Å²) in [5.41, 5.74) is 37.7. The molecule has 0 fully saturated rings. The van der Waals surface area contributed by atoms with Crippen LogP contribution in [0.5, 0.6) is 0 Å². The summed E-state index contributed by atoms with van der Waals surface area (Å²) in [6.07, 6.45) is 0. The predicted octanol–water partition coefficient (Wildman–Crippen LogP) is 36.7. The molecule has 1 aliphatic carbocycles. The Labute approximate surface area is 813 Å². The largest absolute Gasteiger partial charge is 0.309 e. The SMILES string of the molecule is c1cc(-c2cc(-c3cccc4ccccc34)cc(-c3cccc4ccccc34)c2)cc(-n2c3ccccc3c3ccccc32)c1.c1ccc(-c2cc(-c3cccc(-n4c5ccccc5c5cc(-c6ccccc6)ccc54)c3)cc(-c3cccc4ccccc34)c2)cc1.c1ccc(C2(c3ccccc3)c3ccccc3-c3ccc(-c4ccc(-n5c6ccccc6c6ccccc65)c5ccccc45)cc32)cc1. The minimum Gasteiger partial charge on any atom is -0.309 e. The zero-order valence-corrected chi connectivity index (χ0v) is 76.9. The molecule has 0 N–H and O–H groups in total. The third-order valence-electron chi connectivity index (χ3n) is 29.0. The third-order valence-corrected chi connectivity index (χ3v) is 29.0. The molecule has 0 saturated heterocycles. The van der Waals surface area contributed by atoms with Crippen molar-refractivity contribution in [2.75, 3.05) is 0 Å². The second-order valence-electron chi connectivity index (χ2n) is 36.8. The summed E-state index contributed by atoms with van der Waals surface area (Å²) in [5, 5.41) is 17.6. The minimum atomic E-state index is -0.427. The average Bonchev–Trinajstić information content (AvgIpc) is 1.54. The smallest absolute Gasteiger partial charge is 0.0713 e. The number of rotatable bonds is 13. The second-order valence-corrected chi connectivity index (χ2v) is 36.8. The summed E-state index contributed by atoms with van der Waals surface area (Å²) in [6.45, 7) is 0. The Morgan fingerprint density at radius 3 is 0.893 bits per heavy atom. The van der Waals surface area contributed by atoms with Crippen molar-refractivity contribution in [1.82, 2.24) is 13.7 Å². The summed E-state index contributed by atoms with van der Waals surface area (Å²) in [6, 6.07) is 202. The van der Waals surface area contributed by atoms with E-state index in [4.69, 9.17) is 0 Å². The molecule has 3 aromatic heterocycles. The van der Waals surface area contributed by atoms with Crippen LogP contribution in [0, 0.1) is 0 Å². The van der Waals surface area contributed by atoms with Gasteiger partial charge in [0.15, 0.2) is 0 Å². The highest BCUT2D eigenvalue weighted by molar-refractivity contribution is 6.15. The molecule has 0 bridgehead atoms. The molecule has 24 aromatic carbocycles. The van der Waals surface area contributed by atoms with Crippen LogP contribution in [0.4, 0.5) is 0 Å². The van der Waals surface area contributed by atoms with Crippen molar-refractivity contribution >= 4 is 109 Å². The highest BCUT2D eigenvalue weighted by Gasteiger charge is 2.46. The molecule has 3 heteroatoms. The molecule has 0 radical (unpaired) electrons. The number of fused-ring (bicyclic) bond motifs is 16. The van der Waals surface area contributed by atoms with Crippen LogP contribution in [-0.2, 0) is 5.41 Å². The van der Waals surface area contributed by atoms with Gasteiger partial charge in [0.1, 0.15) is 0 Å². The van der Waals surface area contributed by atoms with Gasteiger partial charge in [0, 0.05) is 49.1 Å². The first-order valence-corrected chi connectivity index (χ1v) is 48.4. The fraction of sp³-hybridized carbons (Fsp3) is 0.00730. The van der Waals surface area contributed by atoms with Gasteiger partial charge in [0.25, 0.3) is 0 Å². The van der Waals surface area contributed by atoms with Gasteiger partial charge in [-0.3, -0.25) is 0 Å². The molecular weight excluding hydrogens is 1690 g/mol. The Morgan fingerprint density at radius 2 is 0.421 bits per heavy atom. The van der Waals surface area contributed by atoms with E-state index < -0.39 is 5.41 Å². The first kappa shape index (κ1) is 82.4. The van der Waals surface area contributed by atoms with Crippen LogP contribution in [-0.4, -0.2) is 13.7 Å². The van der Waals surface area contributed by atoms with Gasteiger partial charge in [-0.25, -0.2) is 0 Å². The molecule has 28 rings (SSSR count). The lowest BCUT2D eigenvalue weighted by Gasteiger charge is -2.34. The lowest BCUT2D eigenvalue weighted by atomic mass is 9.67. The summed E-state index contributed by atoms with van der Waals surface area (Å²) < 4.78 is 7.25. The molecule has 0 unspecified atom stereocenters. The van der Waals surface area contributed by atoms with Crippen LogP contribution in [0.2, 0.25) is 0 Å². The first-order chi connectivity index (χ1) is 69.4. The Balaban J connectivity index is 0.000000108. The monoisotopic (exact) mass is 1780 g/mol. The molecule has 0 saturated carbocycles. The van der Waals surface area contributed by atoms with E-state index in [-0.39, 0.29) is 0 Å². The molecule has 0 spiro atoms. The van der Waals surface area contributed by atoms with E-state index in [1.807, 2.05) is 0 Å². The van der Waals surface area contributed by atoms with Crippen LogP contribution in [0.1, 0.15) is 22.3 Å².